The van der Waals surface area contributed by atoms with Gasteiger partial charge in [0.1, 0.15) is 0 Å². The Bertz CT molecular complexity index is 462. The number of anilines is 1. The number of aryl methyl sites for hydroxylation is 1. The van der Waals surface area contributed by atoms with Crippen molar-refractivity contribution in [2.45, 2.75) is 26.3 Å². The van der Waals surface area contributed by atoms with E-state index < -0.39 is 5.97 Å². The van der Waals surface area contributed by atoms with Crippen molar-refractivity contribution in [1.29, 1.82) is 0 Å². The van der Waals surface area contributed by atoms with Crippen molar-refractivity contribution in [2.75, 3.05) is 25.5 Å². The van der Waals surface area contributed by atoms with Crippen LogP contribution in [0.4, 0.5) is 5.95 Å². The third-order valence-corrected chi connectivity index (χ3v) is 3.08. The molecule has 0 spiro atoms. The third kappa shape index (κ3) is 2.95. The van der Waals surface area contributed by atoms with Crippen LogP contribution in [-0.2, 0) is 17.8 Å². The molecule has 98 valence electrons. The number of aromatic nitrogens is 2. The van der Waals surface area contributed by atoms with E-state index in [-0.39, 0.29) is 6.42 Å². The number of nitrogens with zero attached hydrogens (tertiary/aromatic N) is 3. The average Bonchev–Trinajstić information content (AvgIpc) is 2.30. The molecule has 1 aliphatic rings. The zero-order chi connectivity index (χ0) is 13.1. The molecule has 1 aromatic rings. The molecule has 0 aliphatic carbocycles. The van der Waals surface area contributed by atoms with Gasteiger partial charge in [-0.25, -0.2) is 9.97 Å². The summed E-state index contributed by atoms with van der Waals surface area (Å²) < 4.78 is 0. The van der Waals surface area contributed by atoms with Gasteiger partial charge in [-0.2, -0.15) is 0 Å². The average molecular weight is 250 g/mol. The summed E-state index contributed by atoms with van der Waals surface area (Å²) >= 11 is 0. The van der Waals surface area contributed by atoms with Crippen molar-refractivity contribution in [1.82, 2.24) is 14.9 Å². The Kier molecular flexibility index (Phi) is 3.76. The van der Waals surface area contributed by atoms with Gasteiger partial charge in [0, 0.05) is 37.3 Å². The molecule has 1 aromatic heterocycles. The minimum absolute atomic E-state index is 0.0717. The molecular weight excluding hydrogens is 232 g/mol. The van der Waals surface area contributed by atoms with Crippen LogP contribution in [0.3, 0.4) is 0 Å². The van der Waals surface area contributed by atoms with Crippen LogP contribution in [0.1, 0.15) is 23.4 Å². The van der Waals surface area contributed by atoms with Crippen LogP contribution in [0.2, 0.25) is 0 Å². The molecule has 0 radical (unpaired) electrons. The molecule has 0 saturated carbocycles. The fourth-order valence-corrected chi connectivity index (χ4v) is 2.07. The van der Waals surface area contributed by atoms with Crippen LogP contribution in [0.5, 0.6) is 0 Å². The fourth-order valence-electron chi connectivity index (χ4n) is 2.07. The van der Waals surface area contributed by atoms with Crippen LogP contribution in [-0.4, -0.2) is 46.1 Å². The molecule has 0 unspecified atom stereocenters. The Hall–Kier alpha value is -1.69. The first-order valence-corrected chi connectivity index (χ1v) is 6.07. The topological polar surface area (TPSA) is 78.3 Å². The van der Waals surface area contributed by atoms with Gasteiger partial charge >= 0.3 is 5.97 Å². The number of carboxylic acids is 1. The summed E-state index contributed by atoms with van der Waals surface area (Å²) in [5.41, 5.74) is 3.26. The number of carboxylic acid groups (broad SMARTS) is 1. The molecule has 6 nitrogen and oxygen atoms in total. The van der Waals surface area contributed by atoms with Crippen LogP contribution in [0, 0.1) is 6.92 Å². The van der Waals surface area contributed by atoms with E-state index in [4.69, 9.17) is 5.11 Å². The lowest BCUT2D eigenvalue weighted by atomic mass is 10.1. The second-order valence-electron chi connectivity index (χ2n) is 4.62. The molecule has 2 heterocycles. The van der Waals surface area contributed by atoms with Gasteiger partial charge in [0.05, 0.1) is 12.1 Å². The van der Waals surface area contributed by atoms with Crippen LogP contribution < -0.4 is 5.32 Å². The first-order valence-electron chi connectivity index (χ1n) is 6.07. The third-order valence-electron chi connectivity index (χ3n) is 3.08. The van der Waals surface area contributed by atoms with E-state index in [1.807, 2.05) is 6.92 Å². The van der Waals surface area contributed by atoms with Gasteiger partial charge < -0.3 is 15.3 Å². The Labute approximate surface area is 106 Å². The van der Waals surface area contributed by atoms with E-state index in [2.05, 4.69) is 27.2 Å². The predicted molar refractivity (Wildman–Crippen MR) is 67.5 cm³/mol. The van der Waals surface area contributed by atoms with Gasteiger partial charge in [0.15, 0.2) is 0 Å². The maximum Gasteiger partial charge on any atom is 0.305 e. The zero-order valence-corrected chi connectivity index (χ0v) is 10.7. The summed E-state index contributed by atoms with van der Waals surface area (Å²) in [6.07, 6.45) is 0.991. The summed E-state index contributed by atoms with van der Waals surface area (Å²) in [6.45, 7) is 4.21. The summed E-state index contributed by atoms with van der Waals surface area (Å²) in [7, 11) is 2.08. The number of likely N-dealkylation sites (N-methyl/N-ethyl adjacent to an activating group) is 1. The van der Waals surface area contributed by atoms with Crippen LogP contribution in [0.15, 0.2) is 0 Å². The lowest BCUT2D eigenvalue weighted by Gasteiger charge is -2.25. The molecule has 0 bridgehead atoms. The summed E-state index contributed by atoms with van der Waals surface area (Å²) in [6, 6.07) is 0. The van der Waals surface area contributed by atoms with Gasteiger partial charge in [-0.05, 0) is 14.0 Å². The second kappa shape index (κ2) is 5.30. The molecular formula is C12H18N4O2. The maximum atomic E-state index is 10.4. The lowest BCUT2D eigenvalue weighted by Crippen LogP contribution is -2.29. The highest BCUT2D eigenvalue weighted by molar-refractivity contribution is 5.67. The normalized spacial score (nSPS) is 15.2. The minimum atomic E-state index is -0.821. The predicted octanol–water partition coefficient (Wildman–Crippen LogP) is 0.660. The molecule has 0 saturated heterocycles. The highest BCUT2D eigenvalue weighted by Crippen LogP contribution is 2.20. The standard InChI is InChI=1S/C12H18N4O2/c1-8-9-7-16(2)6-4-10(9)15-12(14-8)13-5-3-11(17)18/h3-7H2,1-2H3,(H,17,18)(H,13,14,15). The Morgan fingerprint density at radius 3 is 3.00 bits per heavy atom. The molecule has 0 amide bonds. The Morgan fingerprint density at radius 2 is 2.28 bits per heavy atom. The van der Waals surface area contributed by atoms with Gasteiger partial charge in [-0.3, -0.25) is 4.79 Å². The first kappa shape index (κ1) is 12.8. The number of fused-ring (bicyclic) bond motifs is 1. The van der Waals surface area contributed by atoms with Gasteiger partial charge in [-0.1, -0.05) is 0 Å². The largest absolute Gasteiger partial charge is 0.481 e. The van der Waals surface area contributed by atoms with Crippen molar-refractivity contribution in [3.05, 3.63) is 17.0 Å². The summed E-state index contributed by atoms with van der Waals surface area (Å²) in [4.78, 5) is 21.5. The molecule has 0 aromatic carbocycles. The highest BCUT2D eigenvalue weighted by atomic mass is 16.4. The molecule has 2 N–H and O–H groups in total. The molecule has 0 atom stereocenters. The summed E-state index contributed by atoms with van der Waals surface area (Å²) in [5, 5.41) is 11.5. The van der Waals surface area contributed by atoms with E-state index in [1.165, 1.54) is 5.56 Å². The van der Waals surface area contributed by atoms with Crippen molar-refractivity contribution < 1.29 is 9.90 Å². The van der Waals surface area contributed by atoms with E-state index in [1.54, 1.807) is 0 Å². The van der Waals surface area contributed by atoms with Crippen molar-refractivity contribution in [2.24, 2.45) is 0 Å². The lowest BCUT2D eigenvalue weighted by molar-refractivity contribution is -0.136. The number of hydrogen-bond acceptors (Lipinski definition) is 5. The fraction of sp³-hybridized carbons (Fsp3) is 0.583. The Morgan fingerprint density at radius 1 is 1.50 bits per heavy atom. The smallest absolute Gasteiger partial charge is 0.305 e. The summed E-state index contributed by atoms with van der Waals surface area (Å²) in [5.74, 6) is -0.282. The maximum absolute atomic E-state index is 10.4. The van der Waals surface area contributed by atoms with E-state index >= 15 is 0 Å². The van der Waals surface area contributed by atoms with Crippen molar-refractivity contribution in [3.8, 4) is 0 Å². The van der Waals surface area contributed by atoms with Crippen molar-refractivity contribution in [3.63, 3.8) is 0 Å². The number of nitrogens with one attached hydrogen (secondary N) is 1. The second-order valence-corrected chi connectivity index (χ2v) is 4.62. The van der Waals surface area contributed by atoms with E-state index in [0.29, 0.717) is 12.5 Å². The monoisotopic (exact) mass is 250 g/mol. The van der Waals surface area contributed by atoms with Gasteiger partial charge in [-0.15, -0.1) is 0 Å². The van der Waals surface area contributed by atoms with Crippen molar-refractivity contribution >= 4 is 11.9 Å². The number of carbonyl (C=O) groups is 1. The van der Waals surface area contributed by atoms with Crippen LogP contribution >= 0.6 is 0 Å². The SMILES string of the molecule is Cc1nc(NCCC(=O)O)nc2c1CN(C)CC2. The number of aliphatic carboxylic acids is 1. The molecule has 6 heteroatoms. The van der Waals surface area contributed by atoms with Crippen LogP contribution in [0.25, 0.3) is 0 Å². The molecule has 18 heavy (non-hydrogen) atoms. The number of rotatable bonds is 4. The molecule has 1 aliphatic heterocycles. The molecule has 2 rings (SSSR count). The highest BCUT2D eigenvalue weighted by Gasteiger charge is 2.18. The minimum Gasteiger partial charge on any atom is -0.481 e. The van der Waals surface area contributed by atoms with E-state index in [9.17, 15) is 4.79 Å². The number of hydrogen-bond donors (Lipinski definition) is 2. The quantitative estimate of drug-likeness (QED) is 0.817. The van der Waals surface area contributed by atoms with Gasteiger partial charge in [0.2, 0.25) is 5.95 Å². The Balaban J connectivity index is 2.10. The first-order chi connectivity index (χ1) is 8.56. The molecule has 0 fully saturated rings. The zero-order valence-electron chi connectivity index (χ0n) is 10.7. The van der Waals surface area contributed by atoms with E-state index in [0.717, 1.165) is 30.9 Å². The van der Waals surface area contributed by atoms with Gasteiger partial charge in [0.25, 0.3) is 0 Å².